The van der Waals surface area contributed by atoms with Gasteiger partial charge in [0.2, 0.25) is 0 Å². The van der Waals surface area contributed by atoms with Crippen molar-refractivity contribution in [3.8, 4) is 0 Å². The summed E-state index contributed by atoms with van der Waals surface area (Å²) in [7, 11) is 0. The Kier molecular flexibility index (Phi) is 4.76. The highest BCUT2D eigenvalue weighted by atomic mass is 32.2. The van der Waals surface area contributed by atoms with E-state index >= 15 is 0 Å². The van der Waals surface area contributed by atoms with Gasteiger partial charge in [0.15, 0.2) is 0 Å². The van der Waals surface area contributed by atoms with Crippen LogP contribution in [0.4, 0.5) is 0 Å². The Hall–Kier alpha value is -0.840. The second-order valence-electron chi connectivity index (χ2n) is 5.09. The Bertz CT molecular complexity index is 547. The maximum absolute atomic E-state index is 4.80. The van der Waals surface area contributed by atoms with Crippen LogP contribution in [-0.4, -0.2) is 11.0 Å². The lowest BCUT2D eigenvalue weighted by molar-refractivity contribution is 0.689. The Labute approximate surface area is 129 Å². The summed E-state index contributed by atoms with van der Waals surface area (Å²) in [6, 6.07) is 11.3. The van der Waals surface area contributed by atoms with Crippen molar-refractivity contribution in [3.05, 3.63) is 45.9 Å². The zero-order valence-electron chi connectivity index (χ0n) is 11.8. The number of hydrogen-bond acceptors (Lipinski definition) is 4. The molecule has 1 aromatic carbocycles. The van der Waals surface area contributed by atoms with Crippen LogP contribution >= 0.6 is 23.1 Å². The van der Waals surface area contributed by atoms with Gasteiger partial charge >= 0.3 is 0 Å². The zero-order chi connectivity index (χ0) is 13.8. The molecule has 2 nitrogen and oxygen atoms in total. The fourth-order valence-electron chi connectivity index (χ4n) is 2.10. The number of benzene rings is 1. The van der Waals surface area contributed by atoms with E-state index in [4.69, 9.17) is 4.98 Å². The standard InChI is InChI=1S/C16H20N2S2/c1-2-14-15(10-17-12-8-9-12)20-16(18-14)11-19-13-6-4-3-5-7-13/h3-7,12,17H,2,8-11H2,1H3. The lowest BCUT2D eigenvalue weighted by Gasteiger charge is -2.00. The molecule has 0 aliphatic heterocycles. The Morgan fingerprint density at radius 1 is 1.30 bits per heavy atom. The number of nitrogens with one attached hydrogen (secondary N) is 1. The van der Waals surface area contributed by atoms with Gasteiger partial charge in [-0.1, -0.05) is 25.1 Å². The highest BCUT2D eigenvalue weighted by molar-refractivity contribution is 7.98. The van der Waals surface area contributed by atoms with Gasteiger partial charge in [0.1, 0.15) is 5.01 Å². The molecule has 1 aliphatic carbocycles. The van der Waals surface area contributed by atoms with Gasteiger partial charge in [-0.2, -0.15) is 0 Å². The summed E-state index contributed by atoms with van der Waals surface area (Å²) in [6.45, 7) is 3.20. The van der Waals surface area contributed by atoms with Crippen molar-refractivity contribution < 1.29 is 0 Å². The fourth-order valence-corrected chi connectivity index (χ4v) is 4.12. The van der Waals surface area contributed by atoms with Gasteiger partial charge < -0.3 is 5.32 Å². The second kappa shape index (κ2) is 6.74. The Morgan fingerprint density at radius 2 is 2.10 bits per heavy atom. The molecular weight excluding hydrogens is 284 g/mol. The van der Waals surface area contributed by atoms with E-state index in [1.807, 2.05) is 23.1 Å². The zero-order valence-corrected chi connectivity index (χ0v) is 13.4. The fraction of sp³-hybridized carbons (Fsp3) is 0.438. The van der Waals surface area contributed by atoms with Crippen molar-refractivity contribution in [2.45, 2.75) is 49.4 Å². The molecule has 1 fully saturated rings. The molecule has 1 N–H and O–H groups in total. The van der Waals surface area contributed by atoms with E-state index in [2.05, 4.69) is 42.6 Å². The number of rotatable bonds is 7. The van der Waals surface area contributed by atoms with E-state index in [1.54, 1.807) is 0 Å². The molecule has 0 amide bonds. The van der Waals surface area contributed by atoms with Gasteiger partial charge in [-0.3, -0.25) is 0 Å². The van der Waals surface area contributed by atoms with Crippen LogP contribution in [0.25, 0.3) is 0 Å². The first-order valence-corrected chi connectivity index (χ1v) is 9.04. The van der Waals surface area contributed by atoms with Crippen molar-refractivity contribution in [2.75, 3.05) is 0 Å². The van der Waals surface area contributed by atoms with Crippen LogP contribution in [0.1, 0.15) is 35.3 Å². The average Bonchev–Trinajstić information content (AvgIpc) is 3.24. The number of nitrogens with zero attached hydrogens (tertiary/aromatic N) is 1. The number of aromatic nitrogens is 1. The minimum atomic E-state index is 0.768. The molecule has 20 heavy (non-hydrogen) atoms. The van der Waals surface area contributed by atoms with Crippen molar-refractivity contribution >= 4 is 23.1 Å². The molecule has 3 rings (SSSR count). The van der Waals surface area contributed by atoms with Crippen molar-refractivity contribution in [1.29, 1.82) is 0 Å². The molecule has 0 unspecified atom stereocenters. The molecular formula is C16H20N2S2. The van der Waals surface area contributed by atoms with Crippen LogP contribution in [0, 0.1) is 0 Å². The first-order valence-electron chi connectivity index (χ1n) is 7.24. The predicted molar refractivity (Wildman–Crippen MR) is 87.4 cm³/mol. The van der Waals surface area contributed by atoms with E-state index in [0.717, 1.165) is 24.8 Å². The number of aryl methyl sites for hydroxylation is 1. The minimum Gasteiger partial charge on any atom is -0.309 e. The van der Waals surface area contributed by atoms with Crippen LogP contribution in [0.2, 0.25) is 0 Å². The first kappa shape index (κ1) is 14.1. The molecule has 0 bridgehead atoms. The van der Waals surface area contributed by atoms with Gasteiger partial charge in [0, 0.05) is 22.4 Å². The third-order valence-electron chi connectivity index (χ3n) is 3.39. The lowest BCUT2D eigenvalue weighted by Crippen LogP contribution is -2.15. The van der Waals surface area contributed by atoms with E-state index in [9.17, 15) is 0 Å². The highest BCUT2D eigenvalue weighted by Gasteiger charge is 2.21. The molecule has 0 saturated heterocycles. The third kappa shape index (κ3) is 3.84. The highest BCUT2D eigenvalue weighted by Crippen LogP contribution is 2.28. The summed E-state index contributed by atoms with van der Waals surface area (Å²) in [5.41, 5.74) is 1.28. The van der Waals surface area contributed by atoms with Crippen molar-refractivity contribution in [2.24, 2.45) is 0 Å². The summed E-state index contributed by atoms with van der Waals surface area (Å²) in [5.74, 6) is 0.977. The van der Waals surface area contributed by atoms with Gasteiger partial charge in [-0.15, -0.1) is 23.1 Å². The second-order valence-corrected chi connectivity index (χ2v) is 7.30. The predicted octanol–water partition coefficient (Wildman–Crippen LogP) is 4.25. The summed E-state index contributed by atoms with van der Waals surface area (Å²) in [6.07, 6.45) is 3.72. The van der Waals surface area contributed by atoms with E-state index < -0.39 is 0 Å². The minimum absolute atomic E-state index is 0.768. The molecule has 0 radical (unpaired) electrons. The quantitative estimate of drug-likeness (QED) is 0.774. The SMILES string of the molecule is CCc1nc(CSc2ccccc2)sc1CNC1CC1. The van der Waals surface area contributed by atoms with E-state index in [1.165, 1.54) is 33.3 Å². The Morgan fingerprint density at radius 3 is 2.80 bits per heavy atom. The topological polar surface area (TPSA) is 24.9 Å². The molecule has 0 spiro atoms. The molecule has 1 aliphatic rings. The molecule has 106 valence electrons. The van der Waals surface area contributed by atoms with Crippen LogP contribution in [0.3, 0.4) is 0 Å². The summed E-state index contributed by atoms with van der Waals surface area (Å²) in [5, 5.41) is 4.85. The molecule has 1 aromatic heterocycles. The maximum Gasteiger partial charge on any atom is 0.103 e. The number of thiazole rings is 1. The van der Waals surface area contributed by atoms with Gasteiger partial charge in [0.05, 0.1) is 11.4 Å². The number of thioether (sulfide) groups is 1. The molecule has 0 atom stereocenters. The lowest BCUT2D eigenvalue weighted by atomic mass is 10.3. The van der Waals surface area contributed by atoms with Crippen LogP contribution in [-0.2, 0) is 18.7 Å². The van der Waals surface area contributed by atoms with Crippen LogP contribution in [0.15, 0.2) is 35.2 Å². The van der Waals surface area contributed by atoms with E-state index in [-0.39, 0.29) is 0 Å². The molecule has 1 heterocycles. The van der Waals surface area contributed by atoms with Gasteiger partial charge in [-0.05, 0) is 31.4 Å². The largest absolute Gasteiger partial charge is 0.309 e. The summed E-state index contributed by atoms with van der Waals surface area (Å²) < 4.78 is 0. The van der Waals surface area contributed by atoms with Crippen LogP contribution in [0.5, 0.6) is 0 Å². The molecule has 2 aromatic rings. The molecule has 1 saturated carbocycles. The third-order valence-corrected chi connectivity index (χ3v) is 5.70. The van der Waals surface area contributed by atoms with Crippen molar-refractivity contribution in [3.63, 3.8) is 0 Å². The van der Waals surface area contributed by atoms with Crippen LogP contribution < -0.4 is 5.32 Å². The Balaban J connectivity index is 1.60. The molecule has 4 heteroatoms. The average molecular weight is 304 g/mol. The van der Waals surface area contributed by atoms with Gasteiger partial charge in [0.25, 0.3) is 0 Å². The number of hydrogen-bond donors (Lipinski definition) is 1. The summed E-state index contributed by atoms with van der Waals surface area (Å²) >= 11 is 3.75. The van der Waals surface area contributed by atoms with Gasteiger partial charge in [-0.25, -0.2) is 4.98 Å². The monoisotopic (exact) mass is 304 g/mol. The smallest absolute Gasteiger partial charge is 0.103 e. The normalized spacial score (nSPS) is 14.7. The van der Waals surface area contributed by atoms with E-state index in [0.29, 0.717) is 0 Å². The summed E-state index contributed by atoms with van der Waals surface area (Å²) in [4.78, 5) is 7.55. The maximum atomic E-state index is 4.80. The van der Waals surface area contributed by atoms with Crippen molar-refractivity contribution in [1.82, 2.24) is 10.3 Å². The first-order chi connectivity index (χ1) is 9.85.